The highest BCUT2D eigenvalue weighted by Gasteiger charge is 2.14. The monoisotopic (exact) mass is 329 g/mol. The molecule has 24 heavy (non-hydrogen) atoms. The lowest BCUT2D eigenvalue weighted by atomic mass is 10.1. The van der Waals surface area contributed by atoms with Crippen LogP contribution in [0.2, 0.25) is 0 Å². The maximum absolute atomic E-state index is 12.0. The number of allylic oxidation sites excluding steroid dienone is 1. The van der Waals surface area contributed by atoms with Crippen molar-refractivity contribution in [1.29, 1.82) is 0 Å². The minimum Gasteiger partial charge on any atom is -0.423 e. The number of fused-ring (bicyclic) bond motifs is 1. The van der Waals surface area contributed by atoms with Crippen LogP contribution in [0.5, 0.6) is 5.75 Å². The molecule has 6 nitrogen and oxygen atoms in total. The molecule has 1 heterocycles. The van der Waals surface area contributed by atoms with Crippen LogP contribution in [0.25, 0.3) is 11.0 Å². The summed E-state index contributed by atoms with van der Waals surface area (Å²) in [7, 11) is 0. The van der Waals surface area contributed by atoms with Crippen molar-refractivity contribution in [2.24, 2.45) is 0 Å². The summed E-state index contributed by atoms with van der Waals surface area (Å²) in [6, 6.07) is 6.11. The van der Waals surface area contributed by atoms with Crippen molar-refractivity contribution in [3.05, 3.63) is 51.9 Å². The zero-order valence-corrected chi connectivity index (χ0v) is 13.8. The number of amides is 1. The van der Waals surface area contributed by atoms with E-state index in [0.717, 1.165) is 12.0 Å². The van der Waals surface area contributed by atoms with Gasteiger partial charge in [-0.1, -0.05) is 12.5 Å². The van der Waals surface area contributed by atoms with E-state index in [1.165, 1.54) is 18.2 Å². The average molecular weight is 329 g/mol. The van der Waals surface area contributed by atoms with Gasteiger partial charge in [-0.25, -0.2) is 9.59 Å². The van der Waals surface area contributed by atoms with Crippen LogP contribution in [0.3, 0.4) is 0 Å². The van der Waals surface area contributed by atoms with Gasteiger partial charge in [-0.15, -0.1) is 0 Å². The lowest BCUT2D eigenvalue weighted by molar-refractivity contribution is -0.129. The summed E-state index contributed by atoms with van der Waals surface area (Å²) >= 11 is 0. The second-order valence-corrected chi connectivity index (χ2v) is 5.55. The number of carbonyl (C=O) groups excluding carboxylic acids is 2. The van der Waals surface area contributed by atoms with Crippen LogP contribution in [0.1, 0.15) is 37.6 Å². The van der Waals surface area contributed by atoms with E-state index in [-0.39, 0.29) is 16.9 Å². The fourth-order valence-electron chi connectivity index (χ4n) is 2.03. The van der Waals surface area contributed by atoms with Crippen molar-refractivity contribution in [2.75, 3.05) is 6.54 Å². The van der Waals surface area contributed by atoms with Gasteiger partial charge in [0.2, 0.25) is 0 Å². The molecule has 0 aliphatic rings. The van der Waals surface area contributed by atoms with E-state index >= 15 is 0 Å². The van der Waals surface area contributed by atoms with Crippen LogP contribution >= 0.6 is 0 Å². The van der Waals surface area contributed by atoms with Gasteiger partial charge in [0.05, 0.1) is 0 Å². The van der Waals surface area contributed by atoms with Gasteiger partial charge in [0.15, 0.2) is 0 Å². The molecule has 0 bridgehead atoms. The molecule has 0 atom stereocenters. The molecular weight excluding hydrogens is 310 g/mol. The summed E-state index contributed by atoms with van der Waals surface area (Å²) in [5.41, 5.74) is 0.277. The predicted octanol–water partition coefficient (Wildman–Crippen LogP) is 2.80. The topological polar surface area (TPSA) is 85.6 Å². The summed E-state index contributed by atoms with van der Waals surface area (Å²) < 4.78 is 10.3. The van der Waals surface area contributed by atoms with E-state index in [1.807, 2.05) is 6.92 Å². The van der Waals surface area contributed by atoms with E-state index in [1.54, 1.807) is 26.0 Å². The van der Waals surface area contributed by atoms with Crippen molar-refractivity contribution < 1.29 is 18.7 Å². The average Bonchev–Trinajstić information content (AvgIpc) is 2.51. The molecule has 1 N–H and O–H groups in total. The summed E-state index contributed by atoms with van der Waals surface area (Å²) in [6.45, 7) is 5.97. The van der Waals surface area contributed by atoms with Gasteiger partial charge in [-0.3, -0.25) is 4.79 Å². The highest BCUT2D eigenvalue weighted by Crippen LogP contribution is 2.21. The van der Waals surface area contributed by atoms with E-state index in [9.17, 15) is 14.4 Å². The van der Waals surface area contributed by atoms with Crippen molar-refractivity contribution in [1.82, 2.24) is 5.32 Å². The first-order chi connectivity index (χ1) is 11.4. The minimum absolute atomic E-state index is 0.0507. The largest absolute Gasteiger partial charge is 0.423 e. The standard InChI is InChI=1S/C18H19NO5/c1-4-7-19-17(21)14-9-12-5-6-13(10-15(12)24-18(14)22)23-16(20)8-11(2)3/h5-6,8-10H,4,7H2,1-3H3,(H,19,21). The smallest absolute Gasteiger partial charge is 0.349 e. The second kappa shape index (κ2) is 7.59. The lowest BCUT2D eigenvalue weighted by Gasteiger charge is -2.05. The maximum Gasteiger partial charge on any atom is 0.349 e. The van der Waals surface area contributed by atoms with E-state index in [4.69, 9.17) is 9.15 Å². The molecular formula is C18H19NO5. The Hall–Kier alpha value is -2.89. The van der Waals surface area contributed by atoms with E-state index < -0.39 is 17.5 Å². The van der Waals surface area contributed by atoms with Gasteiger partial charge >= 0.3 is 11.6 Å². The Morgan fingerprint density at radius 2 is 2.00 bits per heavy atom. The molecule has 0 aliphatic carbocycles. The number of hydrogen-bond donors (Lipinski definition) is 1. The van der Waals surface area contributed by atoms with Crippen molar-refractivity contribution in [3.8, 4) is 5.75 Å². The Morgan fingerprint density at radius 3 is 2.67 bits per heavy atom. The predicted molar refractivity (Wildman–Crippen MR) is 90.2 cm³/mol. The molecule has 1 aromatic heterocycles. The van der Waals surface area contributed by atoms with E-state index in [2.05, 4.69) is 5.32 Å². The summed E-state index contributed by atoms with van der Waals surface area (Å²) in [5, 5.41) is 3.20. The Kier molecular flexibility index (Phi) is 5.52. The van der Waals surface area contributed by atoms with Crippen LogP contribution in [0.4, 0.5) is 0 Å². The third kappa shape index (κ3) is 4.32. The first kappa shape index (κ1) is 17.5. The van der Waals surface area contributed by atoms with Crippen LogP contribution < -0.4 is 15.7 Å². The summed E-state index contributed by atoms with van der Waals surface area (Å²) in [6.07, 6.45) is 2.13. The van der Waals surface area contributed by atoms with Crippen molar-refractivity contribution >= 4 is 22.8 Å². The number of nitrogens with one attached hydrogen (secondary N) is 1. The van der Waals surface area contributed by atoms with Crippen LogP contribution in [0.15, 0.2) is 45.1 Å². The minimum atomic E-state index is -0.733. The number of benzene rings is 1. The maximum atomic E-state index is 12.0. The fraction of sp³-hybridized carbons (Fsp3) is 0.278. The van der Waals surface area contributed by atoms with Gasteiger partial charge in [0.25, 0.3) is 5.91 Å². The van der Waals surface area contributed by atoms with Gasteiger partial charge in [-0.05, 0) is 38.5 Å². The molecule has 0 spiro atoms. The molecule has 0 unspecified atom stereocenters. The van der Waals surface area contributed by atoms with Crippen molar-refractivity contribution in [3.63, 3.8) is 0 Å². The highest BCUT2D eigenvalue weighted by molar-refractivity contribution is 5.96. The highest BCUT2D eigenvalue weighted by atomic mass is 16.5. The molecule has 0 fully saturated rings. The molecule has 1 amide bonds. The Bertz CT molecular complexity index is 859. The van der Waals surface area contributed by atoms with Crippen LogP contribution in [-0.2, 0) is 4.79 Å². The first-order valence-electron chi connectivity index (χ1n) is 7.63. The molecule has 0 saturated heterocycles. The van der Waals surface area contributed by atoms with Crippen LogP contribution in [0, 0.1) is 0 Å². The van der Waals surface area contributed by atoms with E-state index in [0.29, 0.717) is 11.9 Å². The molecule has 0 saturated carbocycles. The normalized spacial score (nSPS) is 10.3. The van der Waals surface area contributed by atoms with Gasteiger partial charge in [0, 0.05) is 24.1 Å². The Balaban J connectivity index is 2.31. The fourth-order valence-corrected chi connectivity index (χ4v) is 2.03. The third-order valence-electron chi connectivity index (χ3n) is 3.11. The van der Waals surface area contributed by atoms with Gasteiger partial charge < -0.3 is 14.5 Å². The SMILES string of the molecule is CCCNC(=O)c1cc2ccc(OC(=O)C=C(C)C)cc2oc1=O. The number of ether oxygens (including phenoxy) is 1. The van der Waals surface area contributed by atoms with Gasteiger partial charge in [-0.2, -0.15) is 0 Å². The number of rotatable bonds is 5. The third-order valence-corrected chi connectivity index (χ3v) is 3.11. The molecule has 126 valence electrons. The van der Waals surface area contributed by atoms with Gasteiger partial charge in [0.1, 0.15) is 16.9 Å². The molecule has 2 aromatic rings. The second-order valence-electron chi connectivity index (χ2n) is 5.55. The van der Waals surface area contributed by atoms with Crippen LogP contribution in [-0.4, -0.2) is 18.4 Å². The first-order valence-corrected chi connectivity index (χ1v) is 7.63. The summed E-state index contributed by atoms with van der Waals surface area (Å²) in [4.78, 5) is 35.5. The summed E-state index contributed by atoms with van der Waals surface area (Å²) in [5.74, 6) is -0.713. The molecule has 0 aliphatic heterocycles. The lowest BCUT2D eigenvalue weighted by Crippen LogP contribution is -2.28. The molecule has 1 aromatic carbocycles. The Labute approximate surface area is 139 Å². The molecule has 0 radical (unpaired) electrons. The Morgan fingerprint density at radius 1 is 1.25 bits per heavy atom. The molecule has 6 heteroatoms. The van der Waals surface area contributed by atoms with Crippen molar-refractivity contribution in [2.45, 2.75) is 27.2 Å². The quantitative estimate of drug-likeness (QED) is 0.394. The number of carbonyl (C=O) groups is 2. The zero-order valence-electron chi connectivity index (χ0n) is 13.8. The zero-order chi connectivity index (χ0) is 17.7. The number of esters is 1. The number of hydrogen-bond acceptors (Lipinski definition) is 5. The molecule has 2 rings (SSSR count).